The predicted molar refractivity (Wildman–Crippen MR) is 76.2 cm³/mol. The quantitative estimate of drug-likeness (QED) is 0.879. The lowest BCUT2D eigenvalue weighted by molar-refractivity contribution is -0.145. The van der Waals surface area contributed by atoms with E-state index >= 15 is 0 Å². The molecule has 102 valence electrons. The van der Waals surface area contributed by atoms with Crippen LogP contribution in [0, 0.1) is 11.8 Å². The second-order valence-electron chi connectivity index (χ2n) is 4.60. The molecule has 0 heterocycles. The van der Waals surface area contributed by atoms with E-state index < -0.39 is 17.8 Å². The molecule has 2 N–H and O–H groups in total. The summed E-state index contributed by atoms with van der Waals surface area (Å²) in [6, 6.07) is 5.04. The molecule has 2 atom stereocenters. The molecular formula is C13H13BrClNO3. The largest absolute Gasteiger partial charge is 0.481 e. The summed E-state index contributed by atoms with van der Waals surface area (Å²) in [6.45, 7) is 0. The summed E-state index contributed by atoms with van der Waals surface area (Å²) in [5, 5.41) is 12.4. The molecule has 0 aliphatic heterocycles. The Morgan fingerprint density at radius 2 is 2.00 bits per heavy atom. The summed E-state index contributed by atoms with van der Waals surface area (Å²) in [7, 11) is 0. The van der Waals surface area contributed by atoms with Crippen molar-refractivity contribution in [1.29, 1.82) is 0 Å². The monoisotopic (exact) mass is 345 g/mol. The smallest absolute Gasteiger partial charge is 0.307 e. The van der Waals surface area contributed by atoms with Gasteiger partial charge in [0.05, 0.1) is 17.5 Å². The summed E-state index contributed by atoms with van der Waals surface area (Å²) in [5.41, 5.74) is 0.602. The minimum atomic E-state index is -0.896. The molecule has 1 amide bonds. The lowest BCUT2D eigenvalue weighted by Crippen LogP contribution is -2.30. The Hall–Kier alpha value is -1.07. The zero-order valence-electron chi connectivity index (χ0n) is 10.0. The highest BCUT2D eigenvalue weighted by Gasteiger charge is 2.37. The second kappa shape index (κ2) is 5.92. The third-order valence-electron chi connectivity index (χ3n) is 3.36. The highest BCUT2D eigenvalue weighted by atomic mass is 79.9. The third-order valence-corrected chi connectivity index (χ3v) is 4.25. The maximum absolute atomic E-state index is 12.1. The summed E-state index contributed by atoms with van der Waals surface area (Å²) in [5.74, 6) is -2.17. The van der Waals surface area contributed by atoms with Crippen molar-refractivity contribution in [2.75, 3.05) is 5.32 Å². The molecule has 1 fully saturated rings. The third kappa shape index (κ3) is 3.28. The van der Waals surface area contributed by atoms with Gasteiger partial charge >= 0.3 is 5.97 Å². The van der Waals surface area contributed by atoms with Gasteiger partial charge in [0.15, 0.2) is 0 Å². The molecule has 0 bridgehead atoms. The number of amides is 1. The first-order valence-corrected chi connectivity index (χ1v) is 7.15. The molecule has 4 nitrogen and oxygen atoms in total. The molecule has 1 aliphatic carbocycles. The first-order valence-electron chi connectivity index (χ1n) is 5.98. The van der Waals surface area contributed by atoms with Gasteiger partial charge in [-0.1, -0.05) is 18.0 Å². The molecule has 1 aromatic rings. The average Bonchev–Trinajstić information content (AvgIpc) is 2.82. The molecule has 1 aromatic carbocycles. The predicted octanol–water partition coefficient (Wildman–Crippen LogP) is 3.54. The molecule has 0 aromatic heterocycles. The Labute approximate surface area is 124 Å². The van der Waals surface area contributed by atoms with E-state index in [0.29, 0.717) is 28.0 Å². The highest BCUT2D eigenvalue weighted by molar-refractivity contribution is 9.10. The molecule has 0 radical (unpaired) electrons. The van der Waals surface area contributed by atoms with Gasteiger partial charge in [0, 0.05) is 9.50 Å². The number of hydrogen-bond acceptors (Lipinski definition) is 2. The van der Waals surface area contributed by atoms with Crippen molar-refractivity contribution >= 4 is 45.1 Å². The van der Waals surface area contributed by atoms with Crippen molar-refractivity contribution in [2.45, 2.75) is 19.3 Å². The Morgan fingerprint density at radius 1 is 1.32 bits per heavy atom. The Balaban J connectivity index is 2.10. The van der Waals surface area contributed by atoms with Crippen molar-refractivity contribution < 1.29 is 14.7 Å². The lowest BCUT2D eigenvalue weighted by atomic mass is 9.95. The molecule has 1 saturated carbocycles. The fourth-order valence-corrected chi connectivity index (χ4v) is 3.17. The summed E-state index contributed by atoms with van der Waals surface area (Å²) in [6.07, 6.45) is 1.96. The number of hydrogen-bond donors (Lipinski definition) is 2. The van der Waals surface area contributed by atoms with E-state index in [1.807, 2.05) is 0 Å². The molecule has 1 aliphatic rings. The van der Waals surface area contributed by atoms with Crippen molar-refractivity contribution in [3.63, 3.8) is 0 Å². The number of nitrogens with one attached hydrogen (secondary N) is 1. The van der Waals surface area contributed by atoms with Gasteiger partial charge in [0.1, 0.15) is 0 Å². The van der Waals surface area contributed by atoms with Gasteiger partial charge < -0.3 is 10.4 Å². The maximum atomic E-state index is 12.1. The number of benzene rings is 1. The summed E-state index contributed by atoms with van der Waals surface area (Å²) < 4.78 is 0.679. The summed E-state index contributed by atoms with van der Waals surface area (Å²) in [4.78, 5) is 23.2. The number of carbonyl (C=O) groups is 2. The number of anilines is 1. The van der Waals surface area contributed by atoms with Crippen LogP contribution in [-0.2, 0) is 9.59 Å². The number of rotatable bonds is 3. The lowest BCUT2D eigenvalue weighted by Gasteiger charge is -2.16. The van der Waals surface area contributed by atoms with Crippen molar-refractivity contribution in [2.24, 2.45) is 11.8 Å². The van der Waals surface area contributed by atoms with Crippen LogP contribution in [0.1, 0.15) is 19.3 Å². The van der Waals surface area contributed by atoms with Crippen LogP contribution in [0.3, 0.4) is 0 Å². The molecule has 2 rings (SSSR count). The van der Waals surface area contributed by atoms with Crippen molar-refractivity contribution in [3.8, 4) is 0 Å². The van der Waals surface area contributed by atoms with Crippen molar-refractivity contribution in [3.05, 3.63) is 27.7 Å². The molecule has 0 saturated heterocycles. The minimum Gasteiger partial charge on any atom is -0.481 e. The standard InChI is InChI=1S/C13H13BrClNO3/c14-10-6-7(15)4-5-11(10)16-12(17)8-2-1-3-9(8)13(18)19/h4-6,8-9H,1-3H2,(H,16,17)(H,18,19). The Kier molecular flexibility index (Phi) is 4.47. The zero-order valence-corrected chi connectivity index (χ0v) is 12.4. The van der Waals surface area contributed by atoms with Crippen LogP contribution in [0.5, 0.6) is 0 Å². The first kappa shape index (κ1) is 14.3. The number of carboxylic acid groups (broad SMARTS) is 1. The fraction of sp³-hybridized carbons (Fsp3) is 0.385. The maximum Gasteiger partial charge on any atom is 0.307 e. The van der Waals surface area contributed by atoms with Crippen LogP contribution in [-0.4, -0.2) is 17.0 Å². The van der Waals surface area contributed by atoms with Gasteiger partial charge in [0.25, 0.3) is 0 Å². The SMILES string of the molecule is O=C(O)C1CCCC1C(=O)Nc1ccc(Cl)cc1Br. The van der Waals surface area contributed by atoms with Crippen LogP contribution in [0.4, 0.5) is 5.69 Å². The van der Waals surface area contributed by atoms with Crippen LogP contribution < -0.4 is 5.32 Å². The van der Waals surface area contributed by atoms with Gasteiger partial charge in [-0.25, -0.2) is 0 Å². The van der Waals surface area contributed by atoms with E-state index in [1.165, 1.54) is 0 Å². The average molecular weight is 347 g/mol. The van der Waals surface area contributed by atoms with Gasteiger partial charge in [-0.15, -0.1) is 0 Å². The summed E-state index contributed by atoms with van der Waals surface area (Å²) >= 11 is 9.14. The van der Waals surface area contributed by atoms with Gasteiger partial charge in [-0.05, 0) is 47.0 Å². The fourth-order valence-electron chi connectivity index (χ4n) is 2.39. The molecule has 0 spiro atoms. The van der Waals surface area contributed by atoms with E-state index in [4.69, 9.17) is 16.7 Å². The second-order valence-corrected chi connectivity index (χ2v) is 5.89. The minimum absolute atomic E-state index is 0.243. The highest BCUT2D eigenvalue weighted by Crippen LogP contribution is 2.34. The number of aliphatic carboxylic acids is 1. The van der Waals surface area contributed by atoms with Crippen LogP contribution in [0.2, 0.25) is 5.02 Å². The van der Waals surface area contributed by atoms with Crippen LogP contribution >= 0.6 is 27.5 Å². The topological polar surface area (TPSA) is 66.4 Å². The molecule has 19 heavy (non-hydrogen) atoms. The van der Waals surface area contributed by atoms with Crippen LogP contribution in [0.15, 0.2) is 22.7 Å². The molecular weight excluding hydrogens is 334 g/mol. The van der Waals surface area contributed by atoms with Gasteiger partial charge in [-0.2, -0.15) is 0 Å². The normalized spacial score (nSPS) is 22.2. The van der Waals surface area contributed by atoms with Crippen molar-refractivity contribution in [1.82, 2.24) is 0 Å². The van der Waals surface area contributed by atoms with Gasteiger partial charge in [-0.3, -0.25) is 9.59 Å². The number of carbonyl (C=O) groups excluding carboxylic acids is 1. The first-order chi connectivity index (χ1) is 8.99. The van der Waals surface area contributed by atoms with E-state index in [2.05, 4.69) is 21.2 Å². The Morgan fingerprint density at radius 3 is 2.63 bits per heavy atom. The van der Waals surface area contributed by atoms with E-state index in [0.717, 1.165) is 6.42 Å². The Bertz CT molecular complexity index is 521. The van der Waals surface area contributed by atoms with E-state index in [1.54, 1.807) is 18.2 Å². The number of halogens is 2. The van der Waals surface area contributed by atoms with Gasteiger partial charge in [0.2, 0.25) is 5.91 Å². The number of carboxylic acids is 1. The molecule has 6 heteroatoms. The van der Waals surface area contributed by atoms with E-state index in [-0.39, 0.29) is 5.91 Å². The molecule has 2 unspecified atom stereocenters. The zero-order chi connectivity index (χ0) is 14.0. The van der Waals surface area contributed by atoms with Crippen LogP contribution in [0.25, 0.3) is 0 Å². The van der Waals surface area contributed by atoms with E-state index in [9.17, 15) is 9.59 Å².